The van der Waals surface area contributed by atoms with Crippen molar-refractivity contribution in [3.05, 3.63) is 0 Å². The van der Waals surface area contributed by atoms with Gasteiger partial charge in [-0.1, -0.05) is 0 Å². The van der Waals surface area contributed by atoms with Crippen LogP contribution in [0.3, 0.4) is 0 Å². The zero-order chi connectivity index (χ0) is 13.5. The fraction of sp³-hybridized carbons (Fsp3) is 1.00. The first kappa shape index (κ1) is 17.2. The van der Waals surface area contributed by atoms with Crippen LogP contribution in [-0.2, 0) is 9.13 Å². The lowest BCUT2D eigenvalue weighted by atomic mass is 10.4. The zero-order valence-corrected chi connectivity index (χ0v) is 11.6. The van der Waals surface area contributed by atoms with Crippen molar-refractivity contribution in [1.82, 2.24) is 9.76 Å². The highest BCUT2D eigenvalue weighted by Crippen LogP contribution is 2.31. The number of nitrogens with zero attached hydrogens (tertiary/aromatic N) is 1. The van der Waals surface area contributed by atoms with Gasteiger partial charge in [0.25, 0.3) is 15.2 Å². The molecule has 0 rings (SSSR count). The lowest BCUT2D eigenvalue weighted by Gasteiger charge is -2.25. The van der Waals surface area contributed by atoms with Gasteiger partial charge in [0.2, 0.25) is 0 Å². The van der Waals surface area contributed by atoms with Crippen LogP contribution < -0.4 is 32.8 Å². The third-order valence-electron chi connectivity index (χ3n) is 2.01. The molecule has 17 heavy (non-hydrogen) atoms. The van der Waals surface area contributed by atoms with E-state index in [-0.39, 0.29) is 0 Å². The van der Waals surface area contributed by atoms with Crippen LogP contribution in [-0.4, -0.2) is 30.8 Å². The summed E-state index contributed by atoms with van der Waals surface area (Å²) >= 11 is 0. The molecule has 11 heteroatoms. The minimum Gasteiger partial charge on any atom is -0.330 e. The Bertz CT molecular complexity index is 301. The number of rotatable bonds is 9. The monoisotopic (exact) mass is 287 g/mol. The van der Waals surface area contributed by atoms with Gasteiger partial charge in [0.05, 0.1) is 0 Å². The Morgan fingerprint density at radius 3 is 1.94 bits per heavy atom. The smallest absolute Gasteiger partial charge is 0.276 e. The number of nitrogens with two attached hydrogens (primary N) is 5. The highest BCUT2D eigenvalue weighted by molar-refractivity contribution is 7.57. The number of hydrogen-bond acceptors (Lipinski definition) is 3. The van der Waals surface area contributed by atoms with Gasteiger partial charge < -0.3 is 5.73 Å². The summed E-state index contributed by atoms with van der Waals surface area (Å²) in [5.74, 6) is 0. The normalized spacial score (nSPS) is 13.3. The highest BCUT2D eigenvalue weighted by atomic mass is 31.2. The predicted octanol–water partition coefficient (Wildman–Crippen LogP) is -1.33. The molecule has 0 radical (unpaired) electrons. The summed E-state index contributed by atoms with van der Waals surface area (Å²) in [6, 6.07) is 0. The lowest BCUT2D eigenvalue weighted by molar-refractivity contribution is 0.398. The van der Waals surface area contributed by atoms with Crippen LogP contribution in [0.25, 0.3) is 0 Å². The van der Waals surface area contributed by atoms with Crippen molar-refractivity contribution in [2.24, 2.45) is 27.8 Å². The molecular formula is C6H23N7O2P2. The van der Waals surface area contributed by atoms with Crippen molar-refractivity contribution in [3.63, 3.8) is 0 Å². The van der Waals surface area contributed by atoms with Crippen LogP contribution in [0.1, 0.15) is 12.8 Å². The molecule has 0 spiro atoms. The molecule has 104 valence electrons. The van der Waals surface area contributed by atoms with Crippen LogP contribution in [0.2, 0.25) is 0 Å². The standard InChI is InChI=1S/C6H23N7O2P2/c7-3-1-5-13(17(10,11)15)6-2-4-12-16(8,9)14/h1-7H2,(H4,10,11,15)(H5,8,9,12,14). The van der Waals surface area contributed by atoms with Crippen molar-refractivity contribution in [1.29, 1.82) is 0 Å². The Morgan fingerprint density at radius 2 is 1.53 bits per heavy atom. The first-order valence-corrected chi connectivity index (χ1v) is 8.86. The van der Waals surface area contributed by atoms with Gasteiger partial charge >= 0.3 is 0 Å². The molecule has 0 saturated heterocycles. The summed E-state index contributed by atoms with van der Waals surface area (Å²) in [6.07, 6.45) is 1.18. The lowest BCUT2D eigenvalue weighted by Crippen LogP contribution is -2.33. The number of nitrogens with one attached hydrogen (secondary N) is 1. The minimum atomic E-state index is -3.27. The van der Waals surface area contributed by atoms with Crippen LogP contribution >= 0.6 is 15.2 Å². The van der Waals surface area contributed by atoms with Crippen molar-refractivity contribution in [2.75, 3.05) is 26.2 Å². The van der Waals surface area contributed by atoms with Gasteiger partial charge in [-0.15, -0.1) is 0 Å². The summed E-state index contributed by atoms with van der Waals surface area (Å²) in [5.41, 5.74) is 26.3. The van der Waals surface area contributed by atoms with E-state index >= 15 is 0 Å². The Hall–Kier alpha value is 0.180. The van der Waals surface area contributed by atoms with E-state index in [0.717, 1.165) is 0 Å². The first-order chi connectivity index (χ1) is 7.67. The van der Waals surface area contributed by atoms with E-state index in [1.54, 1.807) is 0 Å². The van der Waals surface area contributed by atoms with Gasteiger partial charge in [0, 0.05) is 19.6 Å². The highest BCUT2D eigenvalue weighted by Gasteiger charge is 2.20. The van der Waals surface area contributed by atoms with Gasteiger partial charge in [-0.25, -0.2) is 9.76 Å². The third-order valence-corrected chi connectivity index (χ3v) is 4.02. The molecule has 0 aromatic rings. The summed E-state index contributed by atoms with van der Waals surface area (Å²) in [6.45, 7) is 1.67. The fourth-order valence-electron chi connectivity index (χ4n) is 1.21. The second kappa shape index (κ2) is 7.58. The molecule has 0 atom stereocenters. The molecule has 0 amide bonds. The van der Waals surface area contributed by atoms with E-state index in [0.29, 0.717) is 39.0 Å². The molecule has 0 aliphatic heterocycles. The second-order valence-corrected chi connectivity index (χ2v) is 7.39. The fourth-order valence-corrected chi connectivity index (χ4v) is 2.63. The van der Waals surface area contributed by atoms with Crippen LogP contribution in [0.15, 0.2) is 0 Å². The summed E-state index contributed by atoms with van der Waals surface area (Å²) in [4.78, 5) is 0. The van der Waals surface area contributed by atoms with Crippen molar-refractivity contribution >= 4 is 15.2 Å². The molecule has 11 N–H and O–H groups in total. The van der Waals surface area contributed by atoms with Crippen molar-refractivity contribution < 1.29 is 9.13 Å². The summed E-state index contributed by atoms with van der Waals surface area (Å²) in [7, 11) is -6.48. The number of hydrogen-bond donors (Lipinski definition) is 6. The Balaban J connectivity index is 4.01. The molecule has 0 saturated carbocycles. The minimum absolute atomic E-state index is 0.337. The van der Waals surface area contributed by atoms with E-state index in [4.69, 9.17) is 27.8 Å². The molecule has 0 aromatic heterocycles. The maximum absolute atomic E-state index is 11.5. The topological polar surface area (TPSA) is 180 Å². The predicted molar refractivity (Wildman–Crippen MR) is 69.8 cm³/mol. The zero-order valence-electron chi connectivity index (χ0n) is 9.79. The van der Waals surface area contributed by atoms with Gasteiger partial charge in [0.1, 0.15) is 0 Å². The first-order valence-electron chi connectivity index (χ1n) is 5.22. The molecular weight excluding hydrogens is 264 g/mol. The Kier molecular flexibility index (Phi) is 7.66. The van der Waals surface area contributed by atoms with E-state index in [1.807, 2.05) is 0 Å². The molecule has 0 aromatic carbocycles. The van der Waals surface area contributed by atoms with E-state index in [1.165, 1.54) is 4.67 Å². The average Bonchev–Trinajstić information content (AvgIpc) is 2.13. The third kappa shape index (κ3) is 9.84. The molecule has 0 heterocycles. The molecule has 0 bridgehead atoms. The SMILES string of the molecule is NCCCN(CCCNP(N)(N)=O)P(N)(N)=O. The van der Waals surface area contributed by atoms with Gasteiger partial charge in [-0.2, -0.15) is 0 Å². The average molecular weight is 287 g/mol. The maximum Gasteiger partial charge on any atom is 0.276 e. The largest absolute Gasteiger partial charge is 0.330 e. The Morgan fingerprint density at radius 1 is 1.00 bits per heavy atom. The molecule has 0 aliphatic carbocycles. The maximum atomic E-state index is 11.5. The Labute approximate surface area is 101 Å². The van der Waals surface area contributed by atoms with Crippen LogP contribution in [0.4, 0.5) is 0 Å². The second-order valence-electron chi connectivity index (χ2n) is 3.74. The van der Waals surface area contributed by atoms with E-state index in [2.05, 4.69) is 5.09 Å². The van der Waals surface area contributed by atoms with Crippen molar-refractivity contribution in [3.8, 4) is 0 Å². The molecule has 0 aliphatic rings. The quantitative estimate of drug-likeness (QED) is 0.221. The van der Waals surface area contributed by atoms with Gasteiger partial charge in [0.15, 0.2) is 0 Å². The van der Waals surface area contributed by atoms with Crippen LogP contribution in [0.5, 0.6) is 0 Å². The van der Waals surface area contributed by atoms with Gasteiger partial charge in [-0.3, -0.25) is 31.1 Å². The van der Waals surface area contributed by atoms with Crippen molar-refractivity contribution in [2.45, 2.75) is 12.8 Å². The van der Waals surface area contributed by atoms with E-state index in [9.17, 15) is 9.13 Å². The van der Waals surface area contributed by atoms with Crippen LogP contribution in [0, 0.1) is 0 Å². The molecule has 0 fully saturated rings. The van der Waals surface area contributed by atoms with E-state index < -0.39 is 15.2 Å². The molecule has 9 nitrogen and oxygen atoms in total. The van der Waals surface area contributed by atoms with Gasteiger partial charge in [-0.05, 0) is 19.4 Å². The summed E-state index contributed by atoms with van der Waals surface area (Å²) < 4.78 is 23.9. The molecule has 0 unspecified atom stereocenters. The summed E-state index contributed by atoms with van der Waals surface area (Å²) in [5, 5.41) is 2.47.